The van der Waals surface area contributed by atoms with Crippen LogP contribution in [-0.4, -0.2) is 44.3 Å². The predicted molar refractivity (Wildman–Crippen MR) is 81.4 cm³/mol. The van der Waals surface area contributed by atoms with Gasteiger partial charge >= 0.3 is 0 Å². The van der Waals surface area contributed by atoms with Crippen LogP contribution in [0.3, 0.4) is 0 Å². The molecule has 0 unspecified atom stereocenters. The number of rotatable bonds is 6. The van der Waals surface area contributed by atoms with Crippen molar-refractivity contribution >= 4 is 21.6 Å². The van der Waals surface area contributed by atoms with Gasteiger partial charge in [-0.25, -0.2) is 12.7 Å². The van der Waals surface area contributed by atoms with Crippen molar-refractivity contribution in [2.24, 2.45) is 0 Å². The molecule has 0 aliphatic heterocycles. The summed E-state index contributed by atoms with van der Waals surface area (Å²) >= 11 is 0. The summed E-state index contributed by atoms with van der Waals surface area (Å²) in [5.74, 6) is 0.855. The number of ketones is 1. The van der Waals surface area contributed by atoms with Gasteiger partial charge in [-0.15, -0.1) is 0 Å². The van der Waals surface area contributed by atoms with Gasteiger partial charge in [0, 0.05) is 25.7 Å². The third kappa shape index (κ3) is 3.52. The highest BCUT2D eigenvalue weighted by molar-refractivity contribution is 7.89. The van der Waals surface area contributed by atoms with Gasteiger partial charge in [-0.3, -0.25) is 4.79 Å². The van der Waals surface area contributed by atoms with Crippen molar-refractivity contribution in [1.82, 2.24) is 9.46 Å². The lowest BCUT2D eigenvalue weighted by atomic mass is 10.1. The lowest BCUT2D eigenvalue weighted by Crippen LogP contribution is -2.22. The van der Waals surface area contributed by atoms with E-state index in [-0.39, 0.29) is 17.2 Å². The van der Waals surface area contributed by atoms with Crippen LogP contribution in [0.5, 0.6) is 0 Å². The zero-order valence-electron chi connectivity index (χ0n) is 12.5. The lowest BCUT2D eigenvalue weighted by molar-refractivity contribution is 0.101. The smallest absolute Gasteiger partial charge is 0.242 e. The molecule has 2 aromatic rings. The fourth-order valence-corrected chi connectivity index (χ4v) is 2.71. The van der Waals surface area contributed by atoms with Crippen LogP contribution >= 0.6 is 0 Å². The van der Waals surface area contributed by atoms with Crippen molar-refractivity contribution in [3.8, 4) is 0 Å². The topological polar surface area (TPSA) is 92.5 Å². The summed E-state index contributed by atoms with van der Waals surface area (Å²) < 4.78 is 30.1. The lowest BCUT2D eigenvalue weighted by Gasteiger charge is -2.12. The zero-order valence-corrected chi connectivity index (χ0v) is 13.3. The third-order valence-corrected chi connectivity index (χ3v) is 4.80. The number of anilines is 1. The molecule has 7 nitrogen and oxygen atoms in total. The van der Waals surface area contributed by atoms with Gasteiger partial charge in [-0.2, -0.15) is 0 Å². The van der Waals surface area contributed by atoms with E-state index in [9.17, 15) is 13.2 Å². The van der Waals surface area contributed by atoms with Crippen LogP contribution in [0.4, 0.5) is 5.82 Å². The van der Waals surface area contributed by atoms with E-state index in [1.165, 1.54) is 26.2 Å². The Labute approximate surface area is 129 Å². The van der Waals surface area contributed by atoms with Crippen LogP contribution in [0.2, 0.25) is 0 Å². The number of carbonyl (C=O) groups is 1. The van der Waals surface area contributed by atoms with E-state index >= 15 is 0 Å². The molecule has 1 aromatic heterocycles. The summed E-state index contributed by atoms with van der Waals surface area (Å²) in [6, 6.07) is 7.62. The Kier molecular flexibility index (Phi) is 4.62. The summed E-state index contributed by atoms with van der Waals surface area (Å²) in [5.41, 5.74) is 0.315. The zero-order chi connectivity index (χ0) is 16.3. The van der Waals surface area contributed by atoms with Gasteiger partial charge in [0.25, 0.3) is 0 Å². The highest BCUT2D eigenvalue weighted by Crippen LogP contribution is 2.15. The number of nitrogens with zero attached hydrogens (tertiary/aromatic N) is 2. The number of Topliss-reactive ketones (excluding diaryl/α,β-unsaturated/α-hetero) is 1. The second-order valence-electron chi connectivity index (χ2n) is 4.91. The monoisotopic (exact) mass is 323 g/mol. The summed E-state index contributed by atoms with van der Waals surface area (Å²) in [7, 11) is -0.678. The molecule has 0 fully saturated rings. The molecular weight excluding hydrogens is 306 g/mol. The second kappa shape index (κ2) is 6.29. The Morgan fingerprint density at radius 3 is 2.64 bits per heavy atom. The average molecular weight is 323 g/mol. The number of aryl methyl sites for hydroxylation is 1. The Balaban J connectivity index is 2.14. The van der Waals surface area contributed by atoms with E-state index in [0.29, 0.717) is 17.1 Å². The van der Waals surface area contributed by atoms with Gasteiger partial charge in [0.2, 0.25) is 10.0 Å². The second-order valence-corrected chi connectivity index (χ2v) is 7.07. The molecule has 0 aliphatic carbocycles. The van der Waals surface area contributed by atoms with Gasteiger partial charge < -0.3 is 9.84 Å². The Bertz CT molecular complexity index is 781. The van der Waals surface area contributed by atoms with Crippen molar-refractivity contribution in [3.63, 3.8) is 0 Å². The maximum Gasteiger partial charge on any atom is 0.242 e. The molecule has 0 amide bonds. The van der Waals surface area contributed by atoms with E-state index in [1.54, 1.807) is 25.1 Å². The molecule has 0 spiro atoms. The summed E-state index contributed by atoms with van der Waals surface area (Å²) in [4.78, 5) is 12.2. The Hall–Kier alpha value is -2.19. The standard InChI is InChI=1S/C14H17N3O4S/c1-10-7-14(16-21-10)15-9-13(18)11-5-4-6-12(8-11)22(19,20)17(2)3/h4-8H,9H2,1-3H3,(H,15,16). The first-order valence-electron chi connectivity index (χ1n) is 6.53. The average Bonchev–Trinajstić information content (AvgIpc) is 2.90. The van der Waals surface area contributed by atoms with Gasteiger partial charge in [-0.05, 0) is 19.1 Å². The fourth-order valence-electron chi connectivity index (χ4n) is 1.76. The van der Waals surface area contributed by atoms with Gasteiger partial charge in [0.15, 0.2) is 11.6 Å². The number of nitrogens with one attached hydrogen (secondary N) is 1. The minimum atomic E-state index is -3.56. The van der Waals surface area contributed by atoms with Crippen LogP contribution < -0.4 is 5.32 Å². The molecule has 0 aliphatic rings. The molecule has 0 bridgehead atoms. The molecule has 2 rings (SSSR count). The molecule has 1 aromatic carbocycles. The summed E-state index contributed by atoms with van der Waals surface area (Å²) in [5, 5.41) is 6.55. The number of benzene rings is 1. The minimum absolute atomic E-state index is 0.00254. The Morgan fingerprint density at radius 1 is 1.32 bits per heavy atom. The highest BCUT2D eigenvalue weighted by atomic mass is 32.2. The number of hydrogen-bond donors (Lipinski definition) is 1. The molecule has 0 atom stereocenters. The normalized spacial score (nSPS) is 11.6. The van der Waals surface area contributed by atoms with E-state index < -0.39 is 10.0 Å². The number of hydrogen-bond acceptors (Lipinski definition) is 6. The minimum Gasteiger partial charge on any atom is -0.360 e. The SMILES string of the molecule is Cc1cc(NCC(=O)c2cccc(S(=O)(=O)N(C)C)c2)no1. The molecule has 8 heteroatoms. The van der Waals surface area contributed by atoms with Crippen LogP contribution in [0, 0.1) is 6.92 Å². The maximum atomic E-state index is 12.1. The number of carbonyl (C=O) groups excluding carboxylic acids is 1. The quantitative estimate of drug-likeness (QED) is 0.810. The van der Waals surface area contributed by atoms with Crippen molar-refractivity contribution in [2.75, 3.05) is 26.0 Å². The first-order valence-corrected chi connectivity index (χ1v) is 7.97. The highest BCUT2D eigenvalue weighted by Gasteiger charge is 2.18. The van der Waals surface area contributed by atoms with Crippen molar-refractivity contribution < 1.29 is 17.7 Å². The molecular formula is C14H17N3O4S. The van der Waals surface area contributed by atoms with E-state index in [2.05, 4.69) is 10.5 Å². The number of sulfonamides is 1. The van der Waals surface area contributed by atoms with Gasteiger partial charge in [0.05, 0.1) is 11.4 Å². The Morgan fingerprint density at radius 2 is 2.05 bits per heavy atom. The molecule has 22 heavy (non-hydrogen) atoms. The first kappa shape index (κ1) is 16.2. The van der Waals surface area contributed by atoms with Crippen molar-refractivity contribution in [2.45, 2.75) is 11.8 Å². The van der Waals surface area contributed by atoms with E-state index in [0.717, 1.165) is 4.31 Å². The van der Waals surface area contributed by atoms with Crippen LogP contribution in [0.25, 0.3) is 0 Å². The summed E-state index contributed by atoms with van der Waals surface area (Å²) in [6.07, 6.45) is 0. The molecule has 118 valence electrons. The summed E-state index contributed by atoms with van der Waals surface area (Å²) in [6.45, 7) is 1.74. The molecule has 0 saturated heterocycles. The third-order valence-electron chi connectivity index (χ3n) is 2.99. The van der Waals surface area contributed by atoms with Crippen molar-refractivity contribution in [3.05, 3.63) is 41.7 Å². The van der Waals surface area contributed by atoms with E-state index in [4.69, 9.17) is 4.52 Å². The maximum absolute atomic E-state index is 12.1. The fraction of sp³-hybridized carbons (Fsp3) is 0.286. The predicted octanol–water partition coefficient (Wildman–Crippen LogP) is 1.53. The molecule has 1 N–H and O–H groups in total. The van der Waals surface area contributed by atoms with Crippen LogP contribution in [-0.2, 0) is 10.0 Å². The number of aromatic nitrogens is 1. The van der Waals surface area contributed by atoms with Crippen LogP contribution in [0.15, 0.2) is 39.8 Å². The van der Waals surface area contributed by atoms with Crippen LogP contribution in [0.1, 0.15) is 16.1 Å². The van der Waals surface area contributed by atoms with E-state index in [1.807, 2.05) is 0 Å². The molecule has 1 heterocycles. The van der Waals surface area contributed by atoms with Crippen molar-refractivity contribution in [1.29, 1.82) is 0 Å². The first-order chi connectivity index (χ1) is 10.3. The molecule has 0 saturated carbocycles. The largest absolute Gasteiger partial charge is 0.360 e. The van der Waals surface area contributed by atoms with Gasteiger partial charge in [0.1, 0.15) is 5.76 Å². The van der Waals surface area contributed by atoms with Gasteiger partial charge in [-0.1, -0.05) is 17.3 Å². The molecule has 0 radical (unpaired) electrons.